The highest BCUT2D eigenvalue weighted by Gasteiger charge is 2.24. The Kier molecular flexibility index (Phi) is 6.06. The molecule has 0 bridgehead atoms. The van der Waals surface area contributed by atoms with Gasteiger partial charge in [0.15, 0.2) is 0 Å². The Balaban J connectivity index is 1.88. The van der Waals surface area contributed by atoms with E-state index in [0.29, 0.717) is 22.9 Å². The van der Waals surface area contributed by atoms with Crippen LogP contribution >= 0.6 is 11.6 Å². The van der Waals surface area contributed by atoms with Crippen molar-refractivity contribution in [3.05, 3.63) is 11.2 Å². The molecule has 1 atom stereocenters. The van der Waals surface area contributed by atoms with Gasteiger partial charge in [0.1, 0.15) is 10.8 Å². The minimum atomic E-state index is 0.579. The molecule has 1 aromatic rings. The van der Waals surface area contributed by atoms with Gasteiger partial charge >= 0.3 is 0 Å². The van der Waals surface area contributed by atoms with Crippen molar-refractivity contribution < 1.29 is 0 Å². The van der Waals surface area contributed by atoms with E-state index in [1.165, 1.54) is 13.0 Å². The first-order chi connectivity index (χ1) is 10.1. The second-order valence-corrected chi connectivity index (χ2v) is 6.35. The molecule has 0 saturated carbocycles. The molecule has 0 aromatic carbocycles. The molecule has 2 heterocycles. The number of anilines is 2. The van der Waals surface area contributed by atoms with E-state index in [4.69, 9.17) is 11.6 Å². The number of hydrogen-bond donors (Lipinski definition) is 2. The summed E-state index contributed by atoms with van der Waals surface area (Å²) in [6, 6.07) is 0.627. The van der Waals surface area contributed by atoms with Crippen LogP contribution in [-0.4, -0.2) is 47.1 Å². The van der Waals surface area contributed by atoms with Crippen LogP contribution in [0.5, 0.6) is 0 Å². The minimum Gasteiger partial charge on any atom is -0.368 e. The van der Waals surface area contributed by atoms with Gasteiger partial charge in [-0.25, -0.2) is 4.98 Å². The number of halogens is 1. The molecule has 1 unspecified atom stereocenters. The minimum absolute atomic E-state index is 0.579. The average Bonchev–Trinajstić information content (AvgIpc) is 2.94. The lowest BCUT2D eigenvalue weighted by molar-refractivity contribution is 0.266. The second-order valence-electron chi connectivity index (χ2n) is 5.94. The van der Waals surface area contributed by atoms with E-state index in [9.17, 15) is 0 Å². The highest BCUT2D eigenvalue weighted by Crippen LogP contribution is 2.22. The number of nitrogens with zero attached hydrogens (tertiary/aromatic N) is 3. The molecule has 118 valence electrons. The van der Waals surface area contributed by atoms with E-state index in [2.05, 4.69) is 46.3 Å². The molecule has 6 heteroatoms. The fraction of sp³-hybridized carbons (Fsp3) is 0.733. The van der Waals surface area contributed by atoms with Crippen LogP contribution < -0.4 is 10.6 Å². The van der Waals surface area contributed by atoms with Crippen molar-refractivity contribution >= 4 is 23.4 Å². The summed E-state index contributed by atoms with van der Waals surface area (Å²) in [5.74, 6) is 2.03. The lowest BCUT2D eigenvalue weighted by atomic mass is 10.1. The van der Waals surface area contributed by atoms with Gasteiger partial charge in [-0.2, -0.15) is 4.98 Å². The molecule has 0 amide bonds. The third kappa shape index (κ3) is 4.71. The van der Waals surface area contributed by atoms with Gasteiger partial charge in [0.25, 0.3) is 0 Å². The van der Waals surface area contributed by atoms with Crippen LogP contribution in [0.15, 0.2) is 6.20 Å². The van der Waals surface area contributed by atoms with Gasteiger partial charge in [-0.05, 0) is 39.2 Å². The summed E-state index contributed by atoms with van der Waals surface area (Å²) in [4.78, 5) is 11.2. The van der Waals surface area contributed by atoms with Crippen LogP contribution in [0, 0.1) is 5.92 Å². The SMILES string of the molecule is CCCNc1ncc(Cl)c(NCC2CCN(C(C)C)C2)n1. The van der Waals surface area contributed by atoms with Gasteiger partial charge in [-0.3, -0.25) is 0 Å². The maximum Gasteiger partial charge on any atom is 0.224 e. The Labute approximate surface area is 132 Å². The predicted molar refractivity (Wildman–Crippen MR) is 89.1 cm³/mol. The topological polar surface area (TPSA) is 53.1 Å². The van der Waals surface area contributed by atoms with Gasteiger partial charge < -0.3 is 15.5 Å². The van der Waals surface area contributed by atoms with Crippen LogP contribution in [0.2, 0.25) is 5.02 Å². The number of aromatic nitrogens is 2. The average molecular weight is 312 g/mol. The molecule has 21 heavy (non-hydrogen) atoms. The Morgan fingerprint density at radius 2 is 2.24 bits per heavy atom. The van der Waals surface area contributed by atoms with E-state index >= 15 is 0 Å². The zero-order valence-electron chi connectivity index (χ0n) is 13.2. The summed E-state index contributed by atoms with van der Waals surface area (Å²) in [5, 5.41) is 7.14. The van der Waals surface area contributed by atoms with Crippen molar-refractivity contribution in [2.45, 2.75) is 39.7 Å². The molecule has 0 aliphatic carbocycles. The predicted octanol–water partition coefficient (Wildman–Crippen LogP) is 3.09. The highest BCUT2D eigenvalue weighted by atomic mass is 35.5. The van der Waals surface area contributed by atoms with E-state index in [-0.39, 0.29) is 0 Å². The summed E-state index contributed by atoms with van der Waals surface area (Å²) in [6.45, 7) is 10.7. The lowest BCUT2D eigenvalue weighted by Crippen LogP contribution is -2.29. The summed E-state index contributed by atoms with van der Waals surface area (Å²) in [5.41, 5.74) is 0. The molecule has 2 rings (SSSR count). The van der Waals surface area contributed by atoms with Crippen LogP contribution in [-0.2, 0) is 0 Å². The van der Waals surface area contributed by atoms with Crippen LogP contribution in [0.25, 0.3) is 0 Å². The monoisotopic (exact) mass is 311 g/mol. The van der Waals surface area contributed by atoms with E-state index in [0.717, 1.165) is 31.9 Å². The first kappa shape index (κ1) is 16.3. The van der Waals surface area contributed by atoms with Gasteiger partial charge in [-0.1, -0.05) is 18.5 Å². The number of rotatable bonds is 7. The molecule has 1 fully saturated rings. The number of likely N-dealkylation sites (tertiary alicyclic amines) is 1. The molecule has 1 saturated heterocycles. The van der Waals surface area contributed by atoms with Crippen molar-refractivity contribution in [1.82, 2.24) is 14.9 Å². The van der Waals surface area contributed by atoms with Crippen molar-refractivity contribution in [2.75, 3.05) is 36.8 Å². The molecule has 2 N–H and O–H groups in total. The van der Waals surface area contributed by atoms with E-state index in [1.807, 2.05) is 0 Å². The fourth-order valence-electron chi connectivity index (χ4n) is 2.55. The first-order valence-electron chi connectivity index (χ1n) is 7.84. The van der Waals surface area contributed by atoms with E-state index < -0.39 is 0 Å². The van der Waals surface area contributed by atoms with Crippen molar-refractivity contribution in [2.24, 2.45) is 5.92 Å². The molecule has 0 spiro atoms. The Bertz CT molecular complexity index is 452. The normalized spacial score (nSPS) is 19.2. The first-order valence-corrected chi connectivity index (χ1v) is 8.22. The second kappa shape index (κ2) is 7.80. The molecular weight excluding hydrogens is 286 g/mol. The van der Waals surface area contributed by atoms with Crippen LogP contribution in [0.3, 0.4) is 0 Å². The third-order valence-electron chi connectivity index (χ3n) is 3.88. The summed E-state index contributed by atoms with van der Waals surface area (Å²) in [6.07, 6.45) is 3.93. The largest absolute Gasteiger partial charge is 0.368 e. The summed E-state index contributed by atoms with van der Waals surface area (Å²) in [7, 11) is 0. The molecule has 1 aromatic heterocycles. The van der Waals surface area contributed by atoms with Crippen LogP contribution in [0.4, 0.5) is 11.8 Å². The molecule has 0 radical (unpaired) electrons. The maximum atomic E-state index is 6.17. The van der Waals surface area contributed by atoms with Crippen molar-refractivity contribution in [3.63, 3.8) is 0 Å². The summed E-state index contributed by atoms with van der Waals surface area (Å²) < 4.78 is 0. The lowest BCUT2D eigenvalue weighted by Gasteiger charge is -2.20. The number of nitrogens with one attached hydrogen (secondary N) is 2. The van der Waals surface area contributed by atoms with Gasteiger partial charge in [0.05, 0.1) is 6.20 Å². The van der Waals surface area contributed by atoms with Gasteiger partial charge in [0.2, 0.25) is 5.95 Å². The zero-order valence-corrected chi connectivity index (χ0v) is 14.0. The van der Waals surface area contributed by atoms with E-state index in [1.54, 1.807) is 6.20 Å². The van der Waals surface area contributed by atoms with Crippen molar-refractivity contribution in [1.29, 1.82) is 0 Å². The summed E-state index contributed by atoms with van der Waals surface area (Å²) >= 11 is 6.17. The standard InChI is InChI=1S/C15H26ClN5/c1-4-6-17-15-19-9-13(16)14(20-15)18-8-12-5-7-21(10-12)11(2)3/h9,11-12H,4-8,10H2,1-3H3,(H2,17,18,19,20). The number of hydrogen-bond acceptors (Lipinski definition) is 5. The van der Waals surface area contributed by atoms with Gasteiger partial charge in [0, 0.05) is 25.7 Å². The molecule has 5 nitrogen and oxygen atoms in total. The maximum absolute atomic E-state index is 6.17. The smallest absolute Gasteiger partial charge is 0.224 e. The highest BCUT2D eigenvalue weighted by molar-refractivity contribution is 6.32. The molecular formula is C15H26ClN5. The molecule has 1 aliphatic rings. The quantitative estimate of drug-likeness (QED) is 0.810. The third-order valence-corrected chi connectivity index (χ3v) is 4.16. The Hall–Kier alpha value is -1.07. The molecule has 1 aliphatic heterocycles. The Morgan fingerprint density at radius 3 is 2.90 bits per heavy atom. The Morgan fingerprint density at radius 1 is 1.43 bits per heavy atom. The zero-order chi connectivity index (χ0) is 15.2. The van der Waals surface area contributed by atoms with Gasteiger partial charge in [-0.15, -0.1) is 0 Å². The fourth-order valence-corrected chi connectivity index (χ4v) is 2.71. The van der Waals surface area contributed by atoms with Crippen LogP contribution in [0.1, 0.15) is 33.6 Å². The van der Waals surface area contributed by atoms with Crippen molar-refractivity contribution in [3.8, 4) is 0 Å².